The summed E-state index contributed by atoms with van der Waals surface area (Å²) in [6.07, 6.45) is 3.81. The first kappa shape index (κ1) is 14.5. The largest absolute Gasteiger partial charge is 0.448 e. The SMILES string of the molecule is CC(=O)OC1Oc2ccc3ccccc3c2N=C2C1=CC=CN2O. The Bertz CT molecular complexity index is 930. The van der Waals surface area contributed by atoms with Crippen LogP contribution in [-0.2, 0) is 9.53 Å². The van der Waals surface area contributed by atoms with E-state index in [0.717, 1.165) is 15.8 Å². The smallest absolute Gasteiger partial charge is 0.305 e. The number of esters is 1. The summed E-state index contributed by atoms with van der Waals surface area (Å²) in [5, 5.41) is 12.9. The second-order valence-corrected chi connectivity index (χ2v) is 5.44. The Morgan fingerprint density at radius 2 is 2.12 bits per heavy atom. The third-order valence-electron chi connectivity index (χ3n) is 3.82. The highest BCUT2D eigenvalue weighted by molar-refractivity contribution is 6.06. The maximum absolute atomic E-state index is 11.4. The van der Waals surface area contributed by atoms with Crippen LogP contribution in [0.3, 0.4) is 0 Å². The van der Waals surface area contributed by atoms with Crippen LogP contribution >= 0.6 is 0 Å². The van der Waals surface area contributed by atoms with E-state index in [1.54, 1.807) is 18.2 Å². The average molecular weight is 322 g/mol. The van der Waals surface area contributed by atoms with Crippen molar-refractivity contribution in [3.8, 4) is 5.75 Å². The van der Waals surface area contributed by atoms with Gasteiger partial charge in [0.05, 0.1) is 5.57 Å². The first-order valence-corrected chi connectivity index (χ1v) is 7.44. The molecule has 0 radical (unpaired) electrons. The third-order valence-corrected chi connectivity index (χ3v) is 3.82. The van der Waals surface area contributed by atoms with Gasteiger partial charge in [-0.1, -0.05) is 30.3 Å². The summed E-state index contributed by atoms with van der Waals surface area (Å²) in [6, 6.07) is 11.4. The summed E-state index contributed by atoms with van der Waals surface area (Å²) in [4.78, 5) is 16.0. The fraction of sp³-hybridized carbons (Fsp3) is 0.111. The Kier molecular flexibility index (Phi) is 3.32. The lowest BCUT2D eigenvalue weighted by molar-refractivity contribution is -0.155. The van der Waals surface area contributed by atoms with E-state index in [-0.39, 0.29) is 5.84 Å². The maximum atomic E-state index is 11.4. The zero-order valence-corrected chi connectivity index (χ0v) is 12.8. The van der Waals surface area contributed by atoms with Crippen LogP contribution < -0.4 is 4.74 Å². The van der Waals surface area contributed by atoms with Crippen LogP contribution in [0.25, 0.3) is 10.8 Å². The van der Waals surface area contributed by atoms with Crippen LogP contribution in [0.4, 0.5) is 5.69 Å². The van der Waals surface area contributed by atoms with Crippen LogP contribution in [0.1, 0.15) is 6.92 Å². The van der Waals surface area contributed by atoms with Crippen molar-refractivity contribution >= 4 is 28.3 Å². The minimum atomic E-state index is -0.983. The number of benzene rings is 2. The molecule has 2 aromatic carbocycles. The second kappa shape index (κ2) is 5.50. The van der Waals surface area contributed by atoms with Crippen molar-refractivity contribution < 1.29 is 19.5 Å². The van der Waals surface area contributed by atoms with E-state index in [0.29, 0.717) is 17.0 Å². The Morgan fingerprint density at radius 1 is 1.29 bits per heavy atom. The van der Waals surface area contributed by atoms with Crippen LogP contribution in [0.5, 0.6) is 5.75 Å². The van der Waals surface area contributed by atoms with Crippen LogP contribution in [-0.4, -0.2) is 28.4 Å². The molecule has 0 aromatic heterocycles. The van der Waals surface area contributed by atoms with Crippen molar-refractivity contribution in [2.75, 3.05) is 0 Å². The molecule has 2 aliphatic rings. The Hall–Kier alpha value is -3.12. The number of nitrogens with zero attached hydrogens (tertiary/aromatic N) is 2. The fourth-order valence-electron chi connectivity index (χ4n) is 2.77. The number of carbonyl (C=O) groups is 1. The van der Waals surface area contributed by atoms with Crippen LogP contribution in [0, 0.1) is 0 Å². The van der Waals surface area contributed by atoms with Gasteiger partial charge in [-0.15, -0.1) is 0 Å². The third kappa shape index (κ3) is 2.33. The van der Waals surface area contributed by atoms with E-state index in [4.69, 9.17) is 9.47 Å². The first-order chi connectivity index (χ1) is 11.6. The van der Waals surface area contributed by atoms with Gasteiger partial charge in [0.15, 0.2) is 11.6 Å². The van der Waals surface area contributed by atoms with Crippen molar-refractivity contribution in [3.05, 3.63) is 60.3 Å². The van der Waals surface area contributed by atoms with Crippen molar-refractivity contribution in [3.63, 3.8) is 0 Å². The van der Waals surface area contributed by atoms with E-state index in [2.05, 4.69) is 4.99 Å². The van der Waals surface area contributed by atoms with Crippen molar-refractivity contribution in [1.82, 2.24) is 5.06 Å². The molecule has 0 fully saturated rings. The van der Waals surface area contributed by atoms with Gasteiger partial charge in [-0.05, 0) is 23.6 Å². The standard InChI is InChI=1S/C18H14N2O4/c1-11(21)23-18-14-7-4-10-20(22)17(14)19-16-13-6-3-2-5-12(13)8-9-15(16)24-18/h2-10,18,22H,1H3. The first-order valence-electron chi connectivity index (χ1n) is 7.44. The molecule has 120 valence electrons. The number of allylic oxidation sites excluding steroid dienone is 2. The molecule has 2 heterocycles. The average Bonchev–Trinajstić information content (AvgIpc) is 2.72. The number of carbonyl (C=O) groups excluding carboxylic acids is 1. The Balaban J connectivity index is 1.95. The van der Waals surface area contributed by atoms with Crippen LogP contribution in [0.2, 0.25) is 0 Å². The van der Waals surface area contributed by atoms with E-state index < -0.39 is 12.3 Å². The van der Waals surface area contributed by atoms with E-state index in [9.17, 15) is 10.0 Å². The lowest BCUT2D eigenvalue weighted by atomic mass is 10.1. The van der Waals surface area contributed by atoms with Gasteiger partial charge in [0.2, 0.25) is 0 Å². The molecule has 6 nitrogen and oxygen atoms in total. The number of aliphatic imine (C=N–C) groups is 1. The molecule has 4 rings (SSSR count). The quantitative estimate of drug-likeness (QED) is 0.816. The molecule has 2 aromatic rings. The van der Waals surface area contributed by atoms with Crippen molar-refractivity contribution in [2.24, 2.45) is 4.99 Å². The van der Waals surface area contributed by atoms with Gasteiger partial charge in [-0.25, -0.2) is 10.1 Å². The van der Waals surface area contributed by atoms with Gasteiger partial charge >= 0.3 is 5.97 Å². The number of rotatable bonds is 1. The summed E-state index contributed by atoms with van der Waals surface area (Å²) in [5.41, 5.74) is 1.05. The van der Waals surface area contributed by atoms with Crippen LogP contribution in [0.15, 0.2) is 65.3 Å². The van der Waals surface area contributed by atoms with Gasteiger partial charge in [-0.2, -0.15) is 0 Å². The maximum Gasteiger partial charge on any atom is 0.305 e. The molecular formula is C18H14N2O4. The Labute approximate surface area is 137 Å². The molecule has 6 heteroatoms. The predicted molar refractivity (Wildman–Crippen MR) is 88.1 cm³/mol. The highest BCUT2D eigenvalue weighted by Gasteiger charge is 2.32. The zero-order chi connectivity index (χ0) is 16.7. The number of ether oxygens (including phenoxy) is 2. The topological polar surface area (TPSA) is 71.4 Å². The van der Waals surface area contributed by atoms with Gasteiger partial charge < -0.3 is 9.47 Å². The fourth-order valence-corrected chi connectivity index (χ4v) is 2.77. The summed E-state index contributed by atoms with van der Waals surface area (Å²) >= 11 is 0. The second-order valence-electron chi connectivity index (χ2n) is 5.44. The van der Waals surface area contributed by atoms with Crippen molar-refractivity contribution in [1.29, 1.82) is 0 Å². The van der Waals surface area contributed by atoms with E-state index in [1.165, 1.54) is 13.1 Å². The molecule has 2 aliphatic heterocycles. The molecule has 0 saturated carbocycles. The molecular weight excluding hydrogens is 308 g/mol. The molecule has 0 amide bonds. The summed E-state index contributed by atoms with van der Waals surface area (Å²) in [6.45, 7) is 1.31. The minimum Gasteiger partial charge on any atom is -0.448 e. The van der Waals surface area contributed by atoms with E-state index in [1.807, 2.05) is 30.3 Å². The molecule has 1 unspecified atom stereocenters. The molecule has 0 bridgehead atoms. The number of amidine groups is 1. The number of hydrogen-bond acceptors (Lipinski definition) is 6. The monoisotopic (exact) mass is 322 g/mol. The summed E-state index contributed by atoms with van der Waals surface area (Å²) in [7, 11) is 0. The highest BCUT2D eigenvalue weighted by Crippen LogP contribution is 2.40. The van der Waals surface area contributed by atoms with Gasteiger partial charge in [0, 0.05) is 18.5 Å². The minimum absolute atomic E-state index is 0.263. The summed E-state index contributed by atoms with van der Waals surface area (Å²) in [5.74, 6) is 0.263. The van der Waals surface area contributed by atoms with Crippen molar-refractivity contribution in [2.45, 2.75) is 13.2 Å². The molecule has 0 saturated heterocycles. The number of hydroxylamine groups is 2. The lowest BCUT2D eigenvalue weighted by Gasteiger charge is -2.24. The molecule has 0 aliphatic carbocycles. The van der Waals surface area contributed by atoms with E-state index >= 15 is 0 Å². The number of fused-ring (bicyclic) bond motifs is 4. The lowest BCUT2D eigenvalue weighted by Crippen LogP contribution is -2.35. The molecule has 0 spiro atoms. The highest BCUT2D eigenvalue weighted by atomic mass is 16.7. The summed E-state index contributed by atoms with van der Waals surface area (Å²) < 4.78 is 11.2. The zero-order valence-electron chi connectivity index (χ0n) is 12.8. The molecule has 1 N–H and O–H groups in total. The van der Waals surface area contributed by atoms with Gasteiger partial charge in [0.1, 0.15) is 5.69 Å². The predicted octanol–water partition coefficient (Wildman–Crippen LogP) is 3.30. The molecule has 24 heavy (non-hydrogen) atoms. The molecule has 1 atom stereocenters. The van der Waals surface area contributed by atoms with Gasteiger partial charge in [0.25, 0.3) is 6.29 Å². The number of hydrogen-bond donors (Lipinski definition) is 1. The Morgan fingerprint density at radius 3 is 2.96 bits per heavy atom. The normalized spacial score (nSPS) is 18.8. The van der Waals surface area contributed by atoms with Gasteiger partial charge in [-0.3, -0.25) is 10.0 Å².